The Hall–Kier alpha value is -3.51. The molecule has 9 nitrogen and oxygen atoms in total. The number of aromatic nitrogens is 2. The average molecular weight is 666 g/mol. The number of hydrogen-bond donors (Lipinski definition) is 0. The molecule has 2 aliphatic heterocycles. The van der Waals surface area contributed by atoms with Crippen molar-refractivity contribution in [2.45, 2.75) is 109 Å². The van der Waals surface area contributed by atoms with Crippen LogP contribution in [0.5, 0.6) is 11.6 Å². The summed E-state index contributed by atoms with van der Waals surface area (Å²) in [4.78, 5) is 49.4. The summed E-state index contributed by atoms with van der Waals surface area (Å²) in [6, 6.07) is 3.18. The van der Waals surface area contributed by atoms with Crippen LogP contribution in [0.25, 0.3) is 11.0 Å². The van der Waals surface area contributed by atoms with Gasteiger partial charge in [0.2, 0.25) is 11.8 Å². The van der Waals surface area contributed by atoms with E-state index < -0.39 is 76.7 Å². The molecule has 1 amide bonds. The molecule has 1 saturated heterocycles. The molecule has 6 atom stereocenters. The van der Waals surface area contributed by atoms with E-state index in [2.05, 4.69) is 9.97 Å². The molecule has 258 valence electrons. The Morgan fingerprint density at radius 3 is 2.36 bits per heavy atom. The van der Waals surface area contributed by atoms with Crippen LogP contribution < -0.4 is 9.47 Å². The van der Waals surface area contributed by atoms with Gasteiger partial charge in [-0.25, -0.2) is 9.97 Å². The number of fused-ring (bicyclic) bond motifs is 5. The van der Waals surface area contributed by atoms with Gasteiger partial charge in [0, 0.05) is 18.4 Å². The molecule has 3 heterocycles. The molecule has 1 saturated carbocycles. The summed E-state index contributed by atoms with van der Waals surface area (Å²) in [5, 5.41) is 0. The molecule has 1 aliphatic carbocycles. The minimum atomic E-state index is -4.79. The quantitative estimate of drug-likeness (QED) is 0.203. The second kappa shape index (κ2) is 12.5. The van der Waals surface area contributed by atoms with Gasteiger partial charge in [-0.05, 0) is 62.5 Å². The highest BCUT2D eigenvalue weighted by molar-refractivity contribution is 5.87. The zero-order valence-corrected chi connectivity index (χ0v) is 27.7. The number of ether oxygens (including phenoxy) is 3. The third-order valence-electron chi connectivity index (χ3n) is 10.3. The first kappa shape index (κ1) is 34.8. The maximum absolute atomic E-state index is 16.1. The van der Waals surface area contributed by atoms with Gasteiger partial charge in [0.1, 0.15) is 23.7 Å². The van der Waals surface area contributed by atoms with E-state index in [-0.39, 0.29) is 42.8 Å². The number of carbonyl (C=O) groups excluding carboxylic acids is 3. The number of halogens is 4. The Bertz CT molecular complexity index is 1530. The molecule has 0 spiro atoms. The molecule has 5 rings (SSSR count). The molecule has 0 unspecified atom stereocenters. The summed E-state index contributed by atoms with van der Waals surface area (Å²) in [7, 11) is 1.40. The molecule has 13 heteroatoms. The standard InChI is InChI=1S/C34H43F4N3O6/c1-19-25(18-42)41-17-26(19)46-29-28(39-23-12-11-21(45-6)15-24(23)40-29)34(37,38)33(35,36)14-8-10-20-9-7-13-32(20,5)47-27(43)16-22(30(41)44)31(2,3)4/h11-12,15,18-20,22,25-26H,7-10,13-14,16-17H2,1-6H3/t19-,20-,22+,25+,26-,32+/m0/s1. The molecule has 2 fully saturated rings. The van der Waals surface area contributed by atoms with Crippen LogP contribution in [0.4, 0.5) is 17.6 Å². The summed E-state index contributed by atoms with van der Waals surface area (Å²) in [5.41, 5.74) is -3.03. The fraction of sp³-hybridized carbons (Fsp3) is 0.676. The number of aldehydes is 1. The second-order valence-electron chi connectivity index (χ2n) is 14.5. The number of carbonyl (C=O) groups is 3. The molecule has 1 aromatic heterocycles. The Balaban J connectivity index is 1.63. The van der Waals surface area contributed by atoms with Crippen LogP contribution in [0.15, 0.2) is 18.2 Å². The summed E-state index contributed by atoms with van der Waals surface area (Å²) >= 11 is 0. The van der Waals surface area contributed by atoms with E-state index >= 15 is 17.6 Å². The molecule has 3 aliphatic rings. The number of esters is 1. The van der Waals surface area contributed by atoms with Gasteiger partial charge < -0.3 is 23.9 Å². The first-order valence-corrected chi connectivity index (χ1v) is 16.2. The zero-order chi connectivity index (χ0) is 34.5. The first-order chi connectivity index (χ1) is 21.9. The number of amides is 1. The van der Waals surface area contributed by atoms with Crippen LogP contribution in [0.3, 0.4) is 0 Å². The van der Waals surface area contributed by atoms with Crippen molar-refractivity contribution in [2.24, 2.45) is 23.2 Å². The predicted molar refractivity (Wildman–Crippen MR) is 163 cm³/mol. The van der Waals surface area contributed by atoms with E-state index in [4.69, 9.17) is 14.2 Å². The summed E-state index contributed by atoms with van der Waals surface area (Å²) in [6.07, 6.45) is -0.292. The molecular weight excluding hydrogens is 622 g/mol. The third-order valence-corrected chi connectivity index (χ3v) is 10.3. The SMILES string of the molecule is COc1ccc2nc3c(nc2c1)O[C@H]1CN(C(=O)[C@H](C(C)(C)C)CC(=O)O[C@]2(C)CCC[C@H]2CCCC(F)(F)C3(F)F)[C@H](C=O)[C@@H]1C. The van der Waals surface area contributed by atoms with Crippen molar-refractivity contribution in [3.8, 4) is 11.6 Å². The van der Waals surface area contributed by atoms with E-state index in [0.717, 1.165) is 0 Å². The largest absolute Gasteiger partial charge is 0.497 e. The van der Waals surface area contributed by atoms with Crippen LogP contribution in [0.2, 0.25) is 0 Å². The Morgan fingerprint density at radius 1 is 1.04 bits per heavy atom. The normalized spacial score (nSPS) is 31.6. The van der Waals surface area contributed by atoms with Crippen molar-refractivity contribution in [3.63, 3.8) is 0 Å². The number of hydrogen-bond acceptors (Lipinski definition) is 8. The highest BCUT2D eigenvalue weighted by atomic mass is 19.3. The molecule has 0 N–H and O–H groups in total. The smallest absolute Gasteiger partial charge is 0.356 e. The van der Waals surface area contributed by atoms with Crippen molar-refractivity contribution in [2.75, 3.05) is 13.7 Å². The van der Waals surface area contributed by atoms with Gasteiger partial charge in [-0.15, -0.1) is 0 Å². The predicted octanol–water partition coefficient (Wildman–Crippen LogP) is 6.50. The van der Waals surface area contributed by atoms with E-state index in [1.807, 2.05) is 20.8 Å². The van der Waals surface area contributed by atoms with Crippen molar-refractivity contribution in [3.05, 3.63) is 23.9 Å². The second-order valence-corrected chi connectivity index (χ2v) is 14.5. The number of methoxy groups -OCH3 is 1. The molecule has 1 aromatic carbocycles. The Labute approximate surface area is 271 Å². The molecule has 47 heavy (non-hydrogen) atoms. The van der Waals surface area contributed by atoms with E-state index in [9.17, 15) is 14.4 Å². The maximum atomic E-state index is 16.1. The lowest BCUT2D eigenvalue weighted by Gasteiger charge is -2.36. The lowest BCUT2D eigenvalue weighted by atomic mass is 9.77. The molecule has 0 radical (unpaired) electrons. The number of rotatable bonds is 2. The highest BCUT2D eigenvalue weighted by Crippen LogP contribution is 2.50. The van der Waals surface area contributed by atoms with Crippen molar-refractivity contribution in [1.82, 2.24) is 14.9 Å². The van der Waals surface area contributed by atoms with E-state index in [1.54, 1.807) is 13.8 Å². The van der Waals surface area contributed by atoms with Crippen LogP contribution in [-0.2, 0) is 25.0 Å². The van der Waals surface area contributed by atoms with Crippen LogP contribution >= 0.6 is 0 Å². The monoisotopic (exact) mass is 665 g/mol. The maximum Gasteiger partial charge on any atom is 0.356 e. The molecule has 2 aromatic rings. The Kier molecular flexibility index (Phi) is 9.26. The molecule has 2 bridgehead atoms. The highest BCUT2D eigenvalue weighted by Gasteiger charge is 2.60. The third kappa shape index (κ3) is 6.50. The summed E-state index contributed by atoms with van der Waals surface area (Å²) in [6.45, 7) is 8.54. The van der Waals surface area contributed by atoms with Crippen molar-refractivity contribution in [1.29, 1.82) is 0 Å². The van der Waals surface area contributed by atoms with Gasteiger partial charge >= 0.3 is 17.8 Å². The molecular formula is C34H43F4N3O6. The fourth-order valence-electron chi connectivity index (χ4n) is 7.27. The van der Waals surface area contributed by atoms with Gasteiger partial charge in [0.05, 0.1) is 43.1 Å². The van der Waals surface area contributed by atoms with Crippen molar-refractivity contribution >= 4 is 29.2 Å². The lowest BCUT2D eigenvalue weighted by molar-refractivity contribution is -0.223. The van der Waals surface area contributed by atoms with Crippen molar-refractivity contribution < 1.29 is 46.2 Å². The zero-order valence-electron chi connectivity index (χ0n) is 27.7. The topological polar surface area (TPSA) is 108 Å². The number of nitrogens with zero attached hydrogens (tertiary/aromatic N) is 3. The van der Waals surface area contributed by atoms with Crippen LogP contribution in [-0.4, -0.2) is 70.4 Å². The van der Waals surface area contributed by atoms with Crippen LogP contribution in [0.1, 0.15) is 85.3 Å². The minimum absolute atomic E-state index is 0.0654. The summed E-state index contributed by atoms with van der Waals surface area (Å²) in [5.74, 6) is -12.9. The first-order valence-electron chi connectivity index (χ1n) is 16.2. The van der Waals surface area contributed by atoms with Gasteiger partial charge in [-0.1, -0.05) is 27.7 Å². The van der Waals surface area contributed by atoms with Gasteiger partial charge in [-0.3, -0.25) is 9.59 Å². The van der Waals surface area contributed by atoms with Gasteiger partial charge in [0.15, 0.2) is 5.69 Å². The average Bonchev–Trinajstić information content (AvgIpc) is 3.51. The van der Waals surface area contributed by atoms with Crippen LogP contribution in [0, 0.1) is 23.2 Å². The van der Waals surface area contributed by atoms with Gasteiger partial charge in [0.25, 0.3) is 0 Å². The summed E-state index contributed by atoms with van der Waals surface area (Å²) < 4.78 is 80.5. The Morgan fingerprint density at radius 2 is 1.72 bits per heavy atom. The van der Waals surface area contributed by atoms with E-state index in [1.165, 1.54) is 30.2 Å². The minimum Gasteiger partial charge on any atom is -0.497 e. The number of alkyl halides is 4. The van der Waals surface area contributed by atoms with Gasteiger partial charge in [-0.2, -0.15) is 17.6 Å². The number of benzene rings is 1. The van der Waals surface area contributed by atoms with E-state index in [0.29, 0.717) is 31.3 Å². The lowest BCUT2D eigenvalue weighted by Crippen LogP contribution is -2.47. The fourth-order valence-corrected chi connectivity index (χ4v) is 7.27.